The van der Waals surface area contributed by atoms with Crippen LogP contribution in [-0.2, 0) is 50.6 Å². The van der Waals surface area contributed by atoms with E-state index in [0.29, 0.717) is 30.3 Å². The molecule has 33 heteroatoms. The predicted octanol–water partition coefficient (Wildman–Crippen LogP) is -1.85. The van der Waals surface area contributed by atoms with Crippen LogP contribution in [0.3, 0.4) is 0 Å². The van der Waals surface area contributed by atoms with Crippen LogP contribution >= 0.6 is 11.6 Å². The molecule has 0 bridgehead atoms. The van der Waals surface area contributed by atoms with Crippen molar-refractivity contribution in [3.8, 4) is 5.75 Å². The van der Waals surface area contributed by atoms with E-state index in [1.165, 1.54) is 6.92 Å². The third-order valence-corrected chi connectivity index (χ3v) is 12.2. The molecule has 0 aliphatic carbocycles. The number of nitrogens with zero attached hydrogens (tertiary/aromatic N) is 6. The van der Waals surface area contributed by atoms with Crippen molar-refractivity contribution in [3.05, 3.63) is 65.3 Å². The van der Waals surface area contributed by atoms with Gasteiger partial charge in [0.1, 0.15) is 57.8 Å². The van der Waals surface area contributed by atoms with Crippen molar-refractivity contribution >= 4 is 113 Å². The standard InChI is InChI=1S/C27H20ClFN8O16S5.K.Na/c1-10-21(28)26(33-27(29)31-10)32-12-2-4-16(55(42,43)44)14(8-12)34-37-24-19(58(51,52)53)7-11-6-18(57(48,49)50)23(22(30)20(11)25(24)38)36-35-15-9-13(54(39,40)41)3-5-17(15)56(45,46)47;;/h2-9,38H,30H2,1H3,(H,31,32,33)(H,39,40,41)(H,42,43,44)(H,45,46,47)(H,48,49,50)(H,51,52,53);;/q;2*+1/p-2. The van der Waals surface area contributed by atoms with Crippen molar-refractivity contribution in [1.29, 1.82) is 0 Å². The Kier molecular flexibility index (Phi) is 15.9. The maximum Gasteiger partial charge on any atom is 1.00 e. The summed E-state index contributed by atoms with van der Waals surface area (Å²) in [7, 11) is -27.0. The summed E-state index contributed by atoms with van der Waals surface area (Å²) in [5.41, 5.74) is 0.274. The van der Waals surface area contributed by atoms with Crippen LogP contribution in [0.25, 0.3) is 10.8 Å². The van der Waals surface area contributed by atoms with Gasteiger partial charge in [0, 0.05) is 5.69 Å². The van der Waals surface area contributed by atoms with E-state index in [-0.39, 0.29) is 103 Å². The Morgan fingerprint density at radius 2 is 1.20 bits per heavy atom. The number of phenolic OH excluding ortho intramolecular Hbond substituents is 1. The van der Waals surface area contributed by atoms with Gasteiger partial charge in [-0.1, -0.05) is 11.6 Å². The molecule has 5 aromatic rings. The van der Waals surface area contributed by atoms with Crippen LogP contribution in [-0.4, -0.2) is 79.9 Å². The summed E-state index contributed by atoms with van der Waals surface area (Å²) in [6.45, 7) is 1.32. The predicted molar refractivity (Wildman–Crippen MR) is 192 cm³/mol. The van der Waals surface area contributed by atoms with Gasteiger partial charge in [0.05, 0.1) is 31.5 Å². The van der Waals surface area contributed by atoms with Crippen LogP contribution in [0.2, 0.25) is 5.02 Å². The summed E-state index contributed by atoms with van der Waals surface area (Å²) in [5.74, 6) is -1.78. The molecule has 4 aromatic carbocycles. The number of rotatable bonds is 11. The van der Waals surface area contributed by atoms with Crippen LogP contribution in [0.5, 0.6) is 5.75 Å². The SMILES string of the molecule is Cc1nc(F)nc(Nc2ccc(S(=O)(=O)O)c(N=Nc3c(S(=O)(=O)[O-])cc4cc(S(=O)(=O)[O-])c(N=Nc5cc(S(=O)(=O)O)ccc5S(=O)(=O)O)c(N)c4c3O)c2)c1Cl.[K+].[Na+]. The second-order valence-electron chi connectivity index (χ2n) is 11.2. The van der Waals surface area contributed by atoms with Gasteiger partial charge in [-0.3, -0.25) is 13.7 Å². The van der Waals surface area contributed by atoms with Crippen molar-refractivity contribution in [2.24, 2.45) is 20.5 Å². The van der Waals surface area contributed by atoms with Gasteiger partial charge in [0.15, 0.2) is 11.6 Å². The van der Waals surface area contributed by atoms with E-state index in [0.717, 1.165) is 18.2 Å². The van der Waals surface area contributed by atoms with E-state index in [2.05, 4.69) is 35.7 Å². The van der Waals surface area contributed by atoms with Gasteiger partial charge in [-0.25, -0.2) is 21.8 Å². The fourth-order valence-electron chi connectivity index (χ4n) is 4.89. The van der Waals surface area contributed by atoms with Crippen LogP contribution in [0.15, 0.2) is 93.5 Å². The molecule has 0 aliphatic heterocycles. The normalized spacial score (nSPS) is 12.7. The summed E-state index contributed by atoms with van der Waals surface area (Å²) >= 11 is 6.10. The molecule has 0 saturated heterocycles. The molecule has 0 atom stereocenters. The number of fused-ring (bicyclic) bond motifs is 1. The zero-order chi connectivity index (χ0) is 43.5. The third-order valence-electron chi connectivity index (χ3n) is 7.36. The molecule has 7 N–H and O–H groups in total. The summed E-state index contributed by atoms with van der Waals surface area (Å²) in [6.07, 6.45) is -1.23. The van der Waals surface area contributed by atoms with Gasteiger partial charge in [-0.15, -0.1) is 20.5 Å². The van der Waals surface area contributed by atoms with Crippen molar-refractivity contribution < 1.29 is 155 Å². The molecule has 5 rings (SSSR count). The Morgan fingerprint density at radius 3 is 1.70 bits per heavy atom. The number of halogens is 2. The number of nitrogens with one attached hydrogen (secondary N) is 1. The number of azo groups is 2. The Morgan fingerprint density at radius 1 is 0.717 bits per heavy atom. The second kappa shape index (κ2) is 18.5. The fraction of sp³-hybridized carbons (Fsp3) is 0.0370. The Bertz CT molecular complexity index is 3260. The Hall–Kier alpha value is -2.77. The smallest absolute Gasteiger partial charge is 0.744 e. The molecule has 0 saturated carbocycles. The quantitative estimate of drug-likeness (QED) is 0.0278. The van der Waals surface area contributed by atoms with Crippen LogP contribution in [0.4, 0.5) is 44.3 Å². The van der Waals surface area contributed by atoms with Gasteiger partial charge in [-0.2, -0.15) is 34.6 Å². The van der Waals surface area contributed by atoms with Crippen LogP contribution in [0, 0.1) is 13.0 Å². The molecular formula is C27H18ClFKN8NaO16S5. The summed E-state index contributed by atoms with van der Waals surface area (Å²) in [5, 5.41) is 25.8. The number of nitrogens with two attached hydrogens (primary N) is 1. The zero-order valence-corrected chi connectivity index (χ0v) is 39.8. The van der Waals surface area contributed by atoms with Gasteiger partial charge >= 0.3 is 87.0 Å². The van der Waals surface area contributed by atoms with E-state index in [1.807, 2.05) is 0 Å². The largest absolute Gasteiger partial charge is 1.00 e. The number of nitrogen functional groups attached to an aromatic ring is 1. The fourth-order valence-corrected chi connectivity index (χ4v) is 8.03. The Balaban J connectivity index is 0.00000480. The van der Waals surface area contributed by atoms with Crippen molar-refractivity contribution in [2.45, 2.75) is 31.4 Å². The molecule has 0 unspecified atom stereocenters. The molecule has 0 radical (unpaired) electrons. The number of phenols is 1. The van der Waals surface area contributed by atoms with Crippen LogP contribution < -0.4 is 92.0 Å². The first-order valence-corrected chi connectivity index (χ1v) is 22.0. The first-order valence-electron chi connectivity index (χ1n) is 14.5. The van der Waals surface area contributed by atoms with Crippen molar-refractivity contribution in [2.75, 3.05) is 11.1 Å². The molecule has 308 valence electrons. The first kappa shape index (κ1) is 51.6. The molecule has 24 nitrogen and oxygen atoms in total. The van der Waals surface area contributed by atoms with Crippen molar-refractivity contribution in [1.82, 2.24) is 9.97 Å². The minimum absolute atomic E-state index is 0. The van der Waals surface area contributed by atoms with Gasteiger partial charge in [-0.05, 0) is 60.8 Å². The number of anilines is 3. The number of hydrogen-bond donors (Lipinski definition) is 6. The number of aromatic hydroxyl groups is 1. The molecular weight excluding hydrogens is 969 g/mol. The minimum atomic E-state index is -5.77. The van der Waals surface area contributed by atoms with Gasteiger partial charge in [0.2, 0.25) is 0 Å². The zero-order valence-electron chi connectivity index (χ0n) is 29.9. The number of hydrogen-bond acceptors (Lipinski definition) is 21. The molecule has 0 aliphatic rings. The monoisotopic (exact) mass is 986 g/mol. The number of aryl methyl sites for hydroxylation is 1. The molecule has 60 heavy (non-hydrogen) atoms. The van der Waals surface area contributed by atoms with Gasteiger partial charge in [0.25, 0.3) is 30.4 Å². The van der Waals surface area contributed by atoms with E-state index >= 15 is 0 Å². The molecule has 1 aromatic heterocycles. The topological polar surface area (TPSA) is 411 Å². The average Bonchev–Trinajstić information content (AvgIpc) is 3.07. The maximum atomic E-state index is 13.9. The maximum absolute atomic E-state index is 13.9. The molecule has 1 heterocycles. The molecule has 0 amide bonds. The van der Waals surface area contributed by atoms with Crippen molar-refractivity contribution in [3.63, 3.8) is 0 Å². The average molecular weight is 987 g/mol. The summed E-state index contributed by atoms with van der Waals surface area (Å²) in [6, 6.07) is 4.56. The van der Waals surface area contributed by atoms with E-state index in [9.17, 15) is 74.3 Å². The second-order valence-corrected chi connectivity index (χ2v) is 18.5. The third kappa shape index (κ3) is 11.4. The van der Waals surface area contributed by atoms with E-state index < -0.39 is 126 Å². The number of aromatic nitrogens is 2. The summed E-state index contributed by atoms with van der Waals surface area (Å²) in [4.78, 5) is 0.746. The van der Waals surface area contributed by atoms with Gasteiger partial charge < -0.3 is 25.3 Å². The minimum Gasteiger partial charge on any atom is -0.744 e. The number of benzene rings is 4. The Labute approximate surface area is 407 Å². The first-order chi connectivity index (χ1) is 26.5. The van der Waals surface area contributed by atoms with E-state index in [4.69, 9.17) is 17.3 Å². The molecule has 0 fully saturated rings. The van der Waals surface area contributed by atoms with Crippen LogP contribution in [0.1, 0.15) is 5.69 Å². The summed E-state index contributed by atoms with van der Waals surface area (Å²) < 4.78 is 188. The van der Waals surface area contributed by atoms with E-state index in [1.54, 1.807) is 0 Å². The molecule has 0 spiro atoms.